The van der Waals surface area contributed by atoms with Gasteiger partial charge in [0.05, 0.1) is 18.3 Å². The Morgan fingerprint density at radius 1 is 0.412 bits per heavy atom. The van der Waals surface area contributed by atoms with E-state index < -0.39 is 8.80 Å². The van der Waals surface area contributed by atoms with Gasteiger partial charge in [-0.1, -0.05) is 121 Å². The zero-order valence-corrected chi connectivity index (χ0v) is 21.0. The van der Waals surface area contributed by atoms with Gasteiger partial charge in [0.15, 0.2) is 0 Å². The third kappa shape index (κ3) is 5.90. The molecule has 4 aromatic carbocycles. The van der Waals surface area contributed by atoms with Crippen LogP contribution in [-0.2, 0) is 13.3 Å². The lowest BCUT2D eigenvalue weighted by atomic mass is 10.1. The van der Waals surface area contributed by atoms with Gasteiger partial charge in [-0.05, 0) is 37.5 Å². The van der Waals surface area contributed by atoms with Crippen molar-refractivity contribution in [1.29, 1.82) is 0 Å². The normalized spacial score (nSPS) is 15.7. The average molecular weight is 469 g/mol. The Bertz CT molecular complexity index is 1010. The molecule has 4 rings (SSSR count). The van der Waals surface area contributed by atoms with Crippen LogP contribution in [0.4, 0.5) is 0 Å². The maximum atomic E-state index is 6.89. The van der Waals surface area contributed by atoms with E-state index in [1.54, 1.807) is 0 Å². The van der Waals surface area contributed by atoms with Crippen LogP contribution < -0.4 is 5.19 Å². The molecular formula is C30H32O3Si. The molecule has 0 aliphatic rings. The Kier molecular flexibility index (Phi) is 8.09. The minimum Gasteiger partial charge on any atom is -0.363 e. The van der Waals surface area contributed by atoms with Gasteiger partial charge in [0.25, 0.3) is 0 Å². The van der Waals surface area contributed by atoms with E-state index in [1.165, 1.54) is 0 Å². The van der Waals surface area contributed by atoms with Crippen LogP contribution in [0.25, 0.3) is 0 Å². The summed E-state index contributed by atoms with van der Waals surface area (Å²) in [4.78, 5) is 0. The van der Waals surface area contributed by atoms with Gasteiger partial charge in [-0.2, -0.15) is 0 Å². The van der Waals surface area contributed by atoms with Gasteiger partial charge in [0.2, 0.25) is 0 Å². The summed E-state index contributed by atoms with van der Waals surface area (Å²) in [6, 6.07) is 40.8. The van der Waals surface area contributed by atoms with Crippen molar-refractivity contribution in [2.45, 2.75) is 39.1 Å². The lowest BCUT2D eigenvalue weighted by molar-refractivity contribution is 0.000989. The molecule has 0 saturated heterocycles. The molecule has 0 amide bonds. The maximum Gasteiger partial charge on any atom is 0.538 e. The molecule has 3 nitrogen and oxygen atoms in total. The van der Waals surface area contributed by atoms with Crippen LogP contribution in [0.1, 0.15) is 55.8 Å². The Morgan fingerprint density at radius 3 is 0.971 bits per heavy atom. The first kappa shape index (κ1) is 24.1. The Hall–Kier alpha value is -3.02. The molecule has 3 unspecified atom stereocenters. The zero-order valence-electron chi connectivity index (χ0n) is 20.0. The molecule has 0 aliphatic heterocycles. The van der Waals surface area contributed by atoms with Crippen molar-refractivity contribution in [2.75, 3.05) is 0 Å². The van der Waals surface area contributed by atoms with Crippen LogP contribution in [0, 0.1) is 0 Å². The minimum atomic E-state index is -3.41. The summed E-state index contributed by atoms with van der Waals surface area (Å²) >= 11 is 0. The van der Waals surface area contributed by atoms with Crippen LogP contribution >= 0.6 is 0 Å². The molecule has 3 atom stereocenters. The fraction of sp³-hybridized carbons (Fsp3) is 0.200. The Balaban J connectivity index is 1.76. The minimum absolute atomic E-state index is 0.209. The van der Waals surface area contributed by atoms with Crippen molar-refractivity contribution < 1.29 is 13.3 Å². The second kappa shape index (κ2) is 11.4. The van der Waals surface area contributed by atoms with Crippen LogP contribution in [0.15, 0.2) is 121 Å². The summed E-state index contributed by atoms with van der Waals surface area (Å²) in [7, 11) is -3.41. The van der Waals surface area contributed by atoms with Gasteiger partial charge < -0.3 is 13.3 Å². The number of hydrogen-bond acceptors (Lipinski definition) is 3. The van der Waals surface area contributed by atoms with E-state index in [4.69, 9.17) is 13.3 Å². The van der Waals surface area contributed by atoms with Crippen molar-refractivity contribution >= 4 is 14.0 Å². The van der Waals surface area contributed by atoms with Crippen LogP contribution in [0.2, 0.25) is 0 Å². The molecule has 34 heavy (non-hydrogen) atoms. The topological polar surface area (TPSA) is 27.7 Å². The molecule has 0 heterocycles. The molecule has 0 spiro atoms. The second-order valence-corrected chi connectivity index (χ2v) is 10.8. The average Bonchev–Trinajstić information content (AvgIpc) is 2.90. The first-order chi connectivity index (χ1) is 16.6. The van der Waals surface area contributed by atoms with E-state index in [2.05, 4.69) is 69.3 Å². The van der Waals surface area contributed by atoms with Crippen molar-refractivity contribution in [3.05, 3.63) is 138 Å². The smallest absolute Gasteiger partial charge is 0.363 e. The van der Waals surface area contributed by atoms with Gasteiger partial charge in [-0.15, -0.1) is 0 Å². The summed E-state index contributed by atoms with van der Waals surface area (Å²) in [5, 5.41) is 0.948. The van der Waals surface area contributed by atoms with Gasteiger partial charge in [-0.3, -0.25) is 0 Å². The SMILES string of the molecule is CC(O[Si](OC(C)c1ccccc1)(OC(C)c1ccccc1)c1ccccc1)c1ccccc1. The highest BCUT2D eigenvalue weighted by Crippen LogP contribution is 2.32. The predicted octanol–water partition coefficient (Wildman–Crippen LogP) is 7.17. The summed E-state index contributed by atoms with van der Waals surface area (Å²) in [5.74, 6) is 0. The third-order valence-corrected chi connectivity index (χ3v) is 8.96. The molecule has 0 saturated carbocycles. The molecule has 0 N–H and O–H groups in total. The number of rotatable bonds is 10. The molecule has 174 valence electrons. The van der Waals surface area contributed by atoms with Gasteiger partial charge in [0, 0.05) is 5.19 Å². The van der Waals surface area contributed by atoms with Crippen LogP contribution in [-0.4, -0.2) is 8.80 Å². The number of hydrogen-bond donors (Lipinski definition) is 0. The quantitative estimate of drug-likeness (QED) is 0.231. The van der Waals surface area contributed by atoms with E-state index in [0.717, 1.165) is 21.9 Å². The monoisotopic (exact) mass is 468 g/mol. The fourth-order valence-electron chi connectivity index (χ4n) is 4.00. The first-order valence-electron chi connectivity index (χ1n) is 11.8. The van der Waals surface area contributed by atoms with Crippen LogP contribution in [0.3, 0.4) is 0 Å². The Morgan fingerprint density at radius 2 is 0.676 bits per heavy atom. The van der Waals surface area contributed by atoms with E-state index in [0.29, 0.717) is 0 Å². The van der Waals surface area contributed by atoms with Crippen LogP contribution in [0.5, 0.6) is 0 Å². The fourth-order valence-corrected chi connectivity index (χ4v) is 6.98. The molecule has 0 aromatic heterocycles. The first-order valence-corrected chi connectivity index (χ1v) is 13.5. The molecule has 0 fully saturated rings. The van der Waals surface area contributed by atoms with Gasteiger partial charge >= 0.3 is 8.80 Å². The van der Waals surface area contributed by atoms with Crippen molar-refractivity contribution in [3.63, 3.8) is 0 Å². The summed E-state index contributed by atoms with van der Waals surface area (Å²) in [5.41, 5.74) is 3.26. The molecule has 0 aliphatic carbocycles. The van der Waals surface area contributed by atoms with Crippen molar-refractivity contribution in [1.82, 2.24) is 0 Å². The van der Waals surface area contributed by atoms with E-state index in [9.17, 15) is 0 Å². The molecule has 4 heteroatoms. The van der Waals surface area contributed by atoms with E-state index in [-0.39, 0.29) is 18.3 Å². The van der Waals surface area contributed by atoms with E-state index >= 15 is 0 Å². The largest absolute Gasteiger partial charge is 0.538 e. The van der Waals surface area contributed by atoms with Crippen molar-refractivity contribution in [2.24, 2.45) is 0 Å². The highest BCUT2D eigenvalue weighted by atomic mass is 28.4. The molecule has 0 radical (unpaired) electrons. The summed E-state index contributed by atoms with van der Waals surface area (Å²) < 4.78 is 20.7. The second-order valence-electron chi connectivity index (χ2n) is 8.43. The molecular weight excluding hydrogens is 436 g/mol. The molecule has 4 aromatic rings. The zero-order chi connectivity index (χ0) is 23.8. The lowest BCUT2D eigenvalue weighted by Gasteiger charge is -2.37. The maximum absolute atomic E-state index is 6.89. The highest BCUT2D eigenvalue weighted by Gasteiger charge is 2.48. The number of benzene rings is 4. The van der Waals surface area contributed by atoms with E-state index in [1.807, 2.05) is 72.8 Å². The van der Waals surface area contributed by atoms with Gasteiger partial charge in [-0.25, -0.2) is 0 Å². The highest BCUT2D eigenvalue weighted by molar-refractivity contribution is 6.75. The van der Waals surface area contributed by atoms with Gasteiger partial charge in [0.1, 0.15) is 0 Å². The summed E-state index contributed by atoms with van der Waals surface area (Å²) in [6.45, 7) is 6.19. The van der Waals surface area contributed by atoms with Crippen molar-refractivity contribution in [3.8, 4) is 0 Å². The Labute approximate surface area is 204 Å². The third-order valence-electron chi connectivity index (χ3n) is 5.93. The summed E-state index contributed by atoms with van der Waals surface area (Å²) in [6.07, 6.45) is -0.628. The standard InChI is InChI=1S/C30H32O3Si/c1-24(27-16-8-4-9-17-27)31-34(30-22-14-7-15-23-30,32-25(2)28-18-10-5-11-19-28)33-26(3)29-20-12-6-13-21-29/h4-26H,1-3H3. The predicted molar refractivity (Wildman–Crippen MR) is 140 cm³/mol. The lowest BCUT2D eigenvalue weighted by Crippen LogP contribution is -2.57. The molecule has 0 bridgehead atoms.